The molecule has 1 aromatic rings. The number of nitrogens with zero attached hydrogens (tertiary/aromatic N) is 1. The van der Waals surface area contributed by atoms with Crippen LogP contribution in [0.25, 0.3) is 0 Å². The van der Waals surface area contributed by atoms with Gasteiger partial charge in [-0.2, -0.15) is 0 Å². The topological polar surface area (TPSA) is 86.7 Å². The van der Waals surface area contributed by atoms with E-state index in [1.807, 2.05) is 0 Å². The summed E-state index contributed by atoms with van der Waals surface area (Å²) in [4.78, 5) is 37.0. The van der Waals surface area contributed by atoms with Crippen molar-refractivity contribution >= 4 is 17.7 Å². The maximum absolute atomic E-state index is 12.2. The molecular weight excluding hydrogens is 248 g/mol. The number of fused-ring (bicyclic) bond motifs is 1. The molecule has 2 heterocycles. The number of hydrogen-bond donors (Lipinski definition) is 2. The van der Waals surface area contributed by atoms with Crippen molar-refractivity contribution in [2.75, 3.05) is 6.61 Å². The molecule has 2 atom stereocenters. The van der Waals surface area contributed by atoms with Gasteiger partial charge in [0.15, 0.2) is 0 Å². The van der Waals surface area contributed by atoms with Gasteiger partial charge < -0.3 is 10.4 Å². The molecule has 1 aromatic carbocycles. The zero-order valence-electron chi connectivity index (χ0n) is 10.00. The first-order chi connectivity index (χ1) is 9.15. The molecule has 98 valence electrons. The Morgan fingerprint density at radius 2 is 1.68 bits per heavy atom. The lowest BCUT2D eigenvalue weighted by Crippen LogP contribution is -2.70. The van der Waals surface area contributed by atoms with Gasteiger partial charge in [0, 0.05) is 6.61 Å². The highest BCUT2D eigenvalue weighted by Gasteiger charge is 2.51. The highest BCUT2D eigenvalue weighted by molar-refractivity contribution is 6.23. The van der Waals surface area contributed by atoms with Crippen molar-refractivity contribution in [3.63, 3.8) is 0 Å². The summed E-state index contributed by atoms with van der Waals surface area (Å²) in [6, 6.07) is 5.35. The van der Waals surface area contributed by atoms with Crippen molar-refractivity contribution in [2.24, 2.45) is 0 Å². The van der Waals surface area contributed by atoms with E-state index in [1.165, 1.54) is 0 Å². The molecule has 0 saturated carbocycles. The number of carbonyl (C=O) groups excluding carboxylic acids is 3. The van der Waals surface area contributed by atoms with E-state index in [4.69, 9.17) is 5.11 Å². The van der Waals surface area contributed by atoms with Crippen LogP contribution < -0.4 is 5.32 Å². The molecule has 2 N–H and O–H groups in total. The Balaban J connectivity index is 1.94. The van der Waals surface area contributed by atoms with Crippen molar-refractivity contribution in [1.29, 1.82) is 0 Å². The van der Waals surface area contributed by atoms with Crippen LogP contribution in [0, 0.1) is 0 Å². The first kappa shape index (κ1) is 11.9. The molecule has 0 spiro atoms. The van der Waals surface area contributed by atoms with Crippen LogP contribution in [0.4, 0.5) is 0 Å². The van der Waals surface area contributed by atoms with Crippen molar-refractivity contribution in [1.82, 2.24) is 10.2 Å². The smallest absolute Gasteiger partial charge is 0.262 e. The number of rotatable bonds is 3. The van der Waals surface area contributed by atoms with Gasteiger partial charge in [0.05, 0.1) is 17.2 Å². The first-order valence-corrected chi connectivity index (χ1v) is 6.03. The molecular formula is C13H12N2O4. The molecule has 6 heteroatoms. The Kier molecular flexibility index (Phi) is 2.60. The Morgan fingerprint density at radius 3 is 2.16 bits per heavy atom. The monoisotopic (exact) mass is 260 g/mol. The van der Waals surface area contributed by atoms with Gasteiger partial charge in [-0.15, -0.1) is 0 Å². The van der Waals surface area contributed by atoms with Crippen LogP contribution in [0.2, 0.25) is 0 Å². The maximum atomic E-state index is 12.2. The van der Waals surface area contributed by atoms with Gasteiger partial charge in [-0.25, -0.2) is 0 Å². The van der Waals surface area contributed by atoms with Crippen molar-refractivity contribution in [3.8, 4) is 0 Å². The largest absolute Gasteiger partial charge is 0.396 e. The van der Waals surface area contributed by atoms with E-state index in [0.29, 0.717) is 17.5 Å². The zero-order valence-corrected chi connectivity index (χ0v) is 10.00. The van der Waals surface area contributed by atoms with E-state index in [2.05, 4.69) is 5.32 Å². The SMILES string of the molecule is O=C1N[C@H](CCO)[C@H]1N1C(=O)c2ccccc2C1=O. The van der Waals surface area contributed by atoms with Crippen molar-refractivity contribution in [2.45, 2.75) is 18.5 Å². The molecule has 0 unspecified atom stereocenters. The molecule has 2 aliphatic heterocycles. The predicted octanol–water partition coefficient (Wildman–Crippen LogP) is -0.468. The van der Waals surface area contributed by atoms with Gasteiger partial charge >= 0.3 is 0 Å². The fourth-order valence-electron chi connectivity index (χ4n) is 2.56. The molecule has 0 bridgehead atoms. The number of aliphatic hydroxyl groups is 1. The molecule has 0 aliphatic carbocycles. The van der Waals surface area contributed by atoms with Gasteiger partial charge in [0.25, 0.3) is 11.8 Å². The first-order valence-electron chi connectivity index (χ1n) is 6.03. The summed E-state index contributed by atoms with van der Waals surface area (Å²) in [5, 5.41) is 11.5. The number of β-lactam (4-membered cyclic amide) rings is 1. The van der Waals surface area contributed by atoms with E-state index in [0.717, 1.165) is 4.90 Å². The van der Waals surface area contributed by atoms with Crippen LogP contribution in [0.5, 0.6) is 0 Å². The van der Waals surface area contributed by atoms with E-state index < -0.39 is 17.9 Å². The molecule has 1 fully saturated rings. The summed E-state index contributed by atoms with van der Waals surface area (Å²) in [6.07, 6.45) is 0.323. The van der Waals surface area contributed by atoms with E-state index in [-0.39, 0.29) is 18.6 Å². The summed E-state index contributed by atoms with van der Waals surface area (Å²) < 4.78 is 0. The van der Waals surface area contributed by atoms with E-state index >= 15 is 0 Å². The third-order valence-corrected chi connectivity index (χ3v) is 3.52. The highest BCUT2D eigenvalue weighted by atomic mass is 16.3. The molecule has 1 saturated heterocycles. The zero-order chi connectivity index (χ0) is 13.6. The Hall–Kier alpha value is -2.21. The molecule has 6 nitrogen and oxygen atoms in total. The number of hydrogen-bond acceptors (Lipinski definition) is 4. The lowest BCUT2D eigenvalue weighted by molar-refractivity contribution is -0.135. The number of aliphatic hydroxyl groups excluding tert-OH is 1. The second-order valence-electron chi connectivity index (χ2n) is 4.60. The van der Waals surface area contributed by atoms with Crippen LogP contribution in [-0.2, 0) is 4.79 Å². The number of benzene rings is 1. The van der Waals surface area contributed by atoms with Gasteiger partial charge in [-0.05, 0) is 18.6 Å². The third-order valence-electron chi connectivity index (χ3n) is 3.52. The Bertz CT molecular complexity index is 549. The van der Waals surface area contributed by atoms with E-state index in [1.54, 1.807) is 24.3 Å². The summed E-state index contributed by atoms with van der Waals surface area (Å²) in [5.41, 5.74) is 0.657. The summed E-state index contributed by atoms with van der Waals surface area (Å²) in [5.74, 6) is -1.24. The Labute approximate surface area is 109 Å². The predicted molar refractivity (Wildman–Crippen MR) is 64.4 cm³/mol. The fourth-order valence-corrected chi connectivity index (χ4v) is 2.56. The minimum absolute atomic E-state index is 0.107. The third kappa shape index (κ3) is 1.57. The Morgan fingerprint density at radius 1 is 1.11 bits per heavy atom. The molecule has 3 rings (SSSR count). The second-order valence-corrected chi connectivity index (χ2v) is 4.60. The number of carbonyl (C=O) groups is 3. The molecule has 2 aliphatic rings. The minimum Gasteiger partial charge on any atom is -0.396 e. The van der Waals surface area contributed by atoms with Gasteiger partial charge in [0.2, 0.25) is 5.91 Å². The summed E-state index contributed by atoms with van der Waals surface area (Å²) in [6.45, 7) is -0.107. The van der Waals surface area contributed by atoms with Crippen molar-refractivity contribution < 1.29 is 19.5 Å². The number of nitrogens with one attached hydrogen (secondary N) is 1. The maximum Gasteiger partial charge on any atom is 0.262 e. The van der Waals surface area contributed by atoms with Crippen LogP contribution in [0.3, 0.4) is 0 Å². The van der Waals surface area contributed by atoms with Crippen LogP contribution in [-0.4, -0.2) is 46.4 Å². The van der Waals surface area contributed by atoms with E-state index in [9.17, 15) is 14.4 Å². The second kappa shape index (κ2) is 4.17. The standard InChI is InChI=1S/C13H12N2O4/c16-6-5-9-10(11(17)14-9)15-12(18)7-3-1-2-4-8(7)13(15)19/h1-4,9-10,16H,5-6H2,(H,14,17)/t9-,10-/m1/s1. The quantitative estimate of drug-likeness (QED) is 0.568. The van der Waals surface area contributed by atoms with Gasteiger partial charge in [-0.3, -0.25) is 19.3 Å². The highest BCUT2D eigenvalue weighted by Crippen LogP contribution is 2.28. The average molecular weight is 260 g/mol. The lowest BCUT2D eigenvalue weighted by atomic mass is 9.94. The van der Waals surface area contributed by atoms with Gasteiger partial charge in [-0.1, -0.05) is 12.1 Å². The normalized spacial score (nSPS) is 25.1. The lowest BCUT2D eigenvalue weighted by Gasteiger charge is -2.40. The molecule has 0 aromatic heterocycles. The number of amides is 3. The van der Waals surface area contributed by atoms with Gasteiger partial charge in [0.1, 0.15) is 6.04 Å². The average Bonchev–Trinajstić information content (AvgIpc) is 2.65. The minimum atomic E-state index is -0.806. The molecule has 19 heavy (non-hydrogen) atoms. The summed E-state index contributed by atoms with van der Waals surface area (Å²) in [7, 11) is 0. The number of imide groups is 1. The fraction of sp³-hybridized carbons (Fsp3) is 0.308. The van der Waals surface area contributed by atoms with Crippen LogP contribution in [0.1, 0.15) is 27.1 Å². The summed E-state index contributed by atoms with van der Waals surface area (Å²) >= 11 is 0. The van der Waals surface area contributed by atoms with Crippen molar-refractivity contribution in [3.05, 3.63) is 35.4 Å². The van der Waals surface area contributed by atoms with Crippen LogP contribution in [0.15, 0.2) is 24.3 Å². The van der Waals surface area contributed by atoms with Crippen LogP contribution >= 0.6 is 0 Å². The molecule has 3 amide bonds. The molecule has 0 radical (unpaired) electrons.